The van der Waals surface area contributed by atoms with Gasteiger partial charge in [-0.15, -0.1) is 0 Å². The van der Waals surface area contributed by atoms with Crippen molar-refractivity contribution in [1.82, 2.24) is 9.80 Å². The molecular formula is C21H24ClFN2O2. The molecule has 1 amide bonds. The van der Waals surface area contributed by atoms with Gasteiger partial charge in [0.2, 0.25) is 5.91 Å². The first-order chi connectivity index (χ1) is 13.0. The summed E-state index contributed by atoms with van der Waals surface area (Å²) in [5.41, 5.74) is 1.50. The predicted octanol–water partition coefficient (Wildman–Crippen LogP) is 4.28. The lowest BCUT2D eigenvalue weighted by molar-refractivity contribution is -0.131. The van der Waals surface area contributed by atoms with E-state index in [0.29, 0.717) is 17.1 Å². The lowest BCUT2D eigenvalue weighted by atomic mass is 10.0. The van der Waals surface area contributed by atoms with Crippen molar-refractivity contribution in [3.05, 3.63) is 64.4 Å². The number of methoxy groups -OCH3 is 1. The van der Waals surface area contributed by atoms with E-state index in [1.165, 1.54) is 11.0 Å². The smallest absolute Gasteiger partial charge is 0.236 e. The van der Waals surface area contributed by atoms with Crippen LogP contribution < -0.4 is 4.74 Å². The molecule has 0 saturated carbocycles. The second-order valence-corrected chi connectivity index (χ2v) is 7.26. The Balaban J connectivity index is 1.67. The summed E-state index contributed by atoms with van der Waals surface area (Å²) < 4.78 is 19.3. The maximum atomic E-state index is 14.0. The monoisotopic (exact) mass is 390 g/mol. The summed E-state index contributed by atoms with van der Waals surface area (Å²) >= 11 is 6.08. The van der Waals surface area contributed by atoms with Crippen LogP contribution in [-0.4, -0.2) is 43.0 Å². The quantitative estimate of drug-likeness (QED) is 0.737. The zero-order valence-corrected chi connectivity index (χ0v) is 16.4. The van der Waals surface area contributed by atoms with Crippen LogP contribution in [0.5, 0.6) is 5.75 Å². The number of rotatable bonds is 6. The highest BCUT2D eigenvalue weighted by molar-refractivity contribution is 6.31. The summed E-state index contributed by atoms with van der Waals surface area (Å²) in [5, 5.41) is 0.338. The third-order valence-electron chi connectivity index (χ3n) is 5.06. The second kappa shape index (κ2) is 8.72. The van der Waals surface area contributed by atoms with Crippen LogP contribution in [0.4, 0.5) is 4.39 Å². The molecule has 6 heteroatoms. The van der Waals surface area contributed by atoms with Crippen molar-refractivity contribution in [3.63, 3.8) is 0 Å². The van der Waals surface area contributed by atoms with Gasteiger partial charge in [0.1, 0.15) is 11.6 Å². The molecule has 1 aliphatic heterocycles. The Bertz CT molecular complexity index is 794. The zero-order valence-electron chi connectivity index (χ0n) is 15.6. The van der Waals surface area contributed by atoms with Gasteiger partial charge in [-0.3, -0.25) is 9.69 Å². The van der Waals surface area contributed by atoms with Gasteiger partial charge in [0, 0.05) is 30.2 Å². The topological polar surface area (TPSA) is 32.8 Å². The maximum Gasteiger partial charge on any atom is 0.236 e. The molecule has 3 rings (SSSR count). The minimum absolute atomic E-state index is 0.0517. The Hall–Kier alpha value is -2.11. The van der Waals surface area contributed by atoms with Gasteiger partial charge < -0.3 is 9.64 Å². The van der Waals surface area contributed by atoms with Gasteiger partial charge in [0.25, 0.3) is 0 Å². The molecule has 1 fully saturated rings. The van der Waals surface area contributed by atoms with Crippen molar-refractivity contribution in [2.45, 2.75) is 25.4 Å². The van der Waals surface area contributed by atoms with Crippen molar-refractivity contribution in [3.8, 4) is 5.75 Å². The summed E-state index contributed by atoms with van der Waals surface area (Å²) in [4.78, 5) is 16.4. The van der Waals surface area contributed by atoms with Crippen LogP contribution in [-0.2, 0) is 11.3 Å². The normalized spacial score (nSPS) is 17.1. The van der Waals surface area contributed by atoms with Crippen LogP contribution in [0.1, 0.15) is 30.0 Å². The van der Waals surface area contributed by atoms with Gasteiger partial charge in [-0.25, -0.2) is 4.39 Å². The zero-order chi connectivity index (χ0) is 19.4. The molecule has 4 nitrogen and oxygen atoms in total. The number of hydrogen-bond donors (Lipinski definition) is 0. The molecule has 1 atom stereocenters. The Labute approximate surface area is 164 Å². The van der Waals surface area contributed by atoms with E-state index >= 15 is 0 Å². The number of amides is 1. The fraction of sp³-hybridized carbons (Fsp3) is 0.381. The van der Waals surface area contributed by atoms with E-state index in [0.717, 1.165) is 30.7 Å². The molecule has 27 heavy (non-hydrogen) atoms. The first kappa shape index (κ1) is 19.6. The van der Waals surface area contributed by atoms with Crippen LogP contribution in [0.25, 0.3) is 0 Å². The number of likely N-dealkylation sites (tertiary alicyclic amines) is 1. The number of carbonyl (C=O) groups is 1. The number of nitrogens with zero attached hydrogens (tertiary/aromatic N) is 2. The maximum absolute atomic E-state index is 14.0. The average molecular weight is 391 g/mol. The van der Waals surface area contributed by atoms with E-state index < -0.39 is 5.82 Å². The van der Waals surface area contributed by atoms with Crippen LogP contribution >= 0.6 is 11.6 Å². The average Bonchev–Trinajstić information content (AvgIpc) is 3.12. The fourth-order valence-electron chi connectivity index (χ4n) is 3.54. The van der Waals surface area contributed by atoms with E-state index in [-0.39, 0.29) is 18.5 Å². The lowest BCUT2D eigenvalue weighted by Gasteiger charge is -2.27. The summed E-state index contributed by atoms with van der Waals surface area (Å²) in [6, 6.07) is 12.7. The summed E-state index contributed by atoms with van der Waals surface area (Å²) in [6.07, 6.45) is 2.04. The van der Waals surface area contributed by atoms with Gasteiger partial charge in [0.15, 0.2) is 0 Å². The summed E-state index contributed by atoms with van der Waals surface area (Å²) in [5.74, 6) is 0.374. The van der Waals surface area contributed by atoms with Gasteiger partial charge in [-0.2, -0.15) is 0 Å². The first-order valence-electron chi connectivity index (χ1n) is 9.04. The molecule has 0 bridgehead atoms. The van der Waals surface area contributed by atoms with Gasteiger partial charge in [0.05, 0.1) is 13.7 Å². The molecule has 2 aromatic carbocycles. The first-order valence-corrected chi connectivity index (χ1v) is 9.42. The molecule has 0 N–H and O–H groups in total. The summed E-state index contributed by atoms with van der Waals surface area (Å²) in [7, 11) is 3.33. The van der Waals surface area contributed by atoms with Crippen molar-refractivity contribution < 1.29 is 13.9 Å². The number of likely N-dealkylation sites (N-methyl/N-ethyl adjacent to an activating group) is 1. The van der Waals surface area contributed by atoms with Gasteiger partial charge >= 0.3 is 0 Å². The number of ether oxygens (including phenoxy) is 1. The van der Waals surface area contributed by atoms with Crippen LogP contribution in [0.15, 0.2) is 42.5 Å². The molecule has 0 aromatic heterocycles. The fourth-order valence-corrected chi connectivity index (χ4v) is 3.77. The highest BCUT2D eigenvalue weighted by Crippen LogP contribution is 2.33. The van der Waals surface area contributed by atoms with Crippen molar-refractivity contribution >= 4 is 17.5 Å². The Morgan fingerprint density at radius 2 is 2.11 bits per heavy atom. The van der Waals surface area contributed by atoms with Crippen molar-refractivity contribution in [2.24, 2.45) is 0 Å². The molecule has 1 saturated heterocycles. The van der Waals surface area contributed by atoms with Gasteiger partial charge in [-0.1, -0.05) is 29.8 Å². The van der Waals surface area contributed by atoms with E-state index in [4.69, 9.17) is 16.3 Å². The summed E-state index contributed by atoms with van der Waals surface area (Å²) in [6.45, 7) is 1.31. The molecule has 0 aliphatic carbocycles. The minimum atomic E-state index is -0.391. The molecule has 144 valence electrons. The van der Waals surface area contributed by atoms with Crippen molar-refractivity contribution in [2.75, 3.05) is 27.2 Å². The van der Waals surface area contributed by atoms with Crippen molar-refractivity contribution in [1.29, 1.82) is 0 Å². The highest BCUT2D eigenvalue weighted by Gasteiger charge is 2.29. The molecule has 0 spiro atoms. The van der Waals surface area contributed by atoms with Gasteiger partial charge in [-0.05, 0) is 49.2 Å². The SMILES string of the molecule is COc1cccc(C2CCCN2CC(=O)N(C)Cc2c(F)cccc2Cl)c1. The lowest BCUT2D eigenvalue weighted by Crippen LogP contribution is -2.38. The Morgan fingerprint density at radius 3 is 2.85 bits per heavy atom. The van der Waals surface area contributed by atoms with E-state index in [1.54, 1.807) is 26.3 Å². The second-order valence-electron chi connectivity index (χ2n) is 6.86. The number of hydrogen-bond acceptors (Lipinski definition) is 3. The molecule has 0 radical (unpaired) electrons. The Kier molecular flexibility index (Phi) is 6.34. The molecule has 2 aromatic rings. The van der Waals surface area contributed by atoms with E-state index in [1.807, 2.05) is 18.2 Å². The van der Waals surface area contributed by atoms with E-state index in [2.05, 4.69) is 11.0 Å². The van der Waals surface area contributed by atoms with Crippen LogP contribution in [0.2, 0.25) is 5.02 Å². The molecule has 1 aliphatic rings. The minimum Gasteiger partial charge on any atom is -0.497 e. The largest absolute Gasteiger partial charge is 0.497 e. The van der Waals surface area contributed by atoms with Crippen LogP contribution in [0.3, 0.4) is 0 Å². The number of carbonyl (C=O) groups excluding carboxylic acids is 1. The molecular weight excluding hydrogens is 367 g/mol. The molecule has 1 heterocycles. The predicted molar refractivity (Wildman–Crippen MR) is 104 cm³/mol. The number of benzene rings is 2. The highest BCUT2D eigenvalue weighted by atomic mass is 35.5. The third-order valence-corrected chi connectivity index (χ3v) is 5.42. The van der Waals surface area contributed by atoms with Crippen LogP contribution in [0, 0.1) is 5.82 Å². The standard InChI is InChI=1S/C21H24ClFN2O2/c1-24(13-17-18(22)8-4-9-19(17)23)21(26)14-25-11-5-10-20(25)15-6-3-7-16(12-15)27-2/h3-4,6-9,12,20H,5,10-11,13-14H2,1-2H3. The third kappa shape index (κ3) is 4.60. The van der Waals surface area contributed by atoms with E-state index in [9.17, 15) is 9.18 Å². The number of halogens is 2. The molecule has 1 unspecified atom stereocenters. The Morgan fingerprint density at radius 1 is 1.33 bits per heavy atom.